The maximum atomic E-state index is 13.5. The molecule has 76 valence electrons. The molecule has 2 aromatic carbocycles. The lowest BCUT2D eigenvalue weighted by molar-refractivity contribution is 0.631. The summed E-state index contributed by atoms with van der Waals surface area (Å²) in [6.45, 7) is 1.98. The van der Waals surface area contributed by atoms with Crippen LogP contribution in [-0.4, -0.2) is 0 Å². The Labute approximate surface area is 88.4 Å². The summed E-state index contributed by atoms with van der Waals surface area (Å²) in [6.07, 6.45) is 0. The molecule has 15 heavy (non-hydrogen) atoms. The normalized spacial score (nSPS) is 10.3. The summed E-state index contributed by atoms with van der Waals surface area (Å²) >= 11 is 0. The summed E-state index contributed by atoms with van der Waals surface area (Å²) in [6, 6.07) is 12.3. The molecule has 2 aromatic rings. The SMILES string of the molecule is Cc1cccc(-c2cc(N)ccc2F)c1. The van der Waals surface area contributed by atoms with Crippen LogP contribution in [0.5, 0.6) is 0 Å². The highest BCUT2D eigenvalue weighted by atomic mass is 19.1. The fourth-order valence-corrected chi connectivity index (χ4v) is 1.58. The zero-order chi connectivity index (χ0) is 10.8. The average molecular weight is 201 g/mol. The van der Waals surface area contributed by atoms with Crippen LogP contribution in [0.4, 0.5) is 10.1 Å². The third kappa shape index (κ3) is 1.99. The first-order valence-corrected chi connectivity index (χ1v) is 4.79. The number of benzene rings is 2. The van der Waals surface area contributed by atoms with E-state index < -0.39 is 0 Å². The van der Waals surface area contributed by atoms with E-state index in [1.54, 1.807) is 12.1 Å². The highest BCUT2D eigenvalue weighted by Crippen LogP contribution is 2.25. The van der Waals surface area contributed by atoms with Gasteiger partial charge >= 0.3 is 0 Å². The molecule has 0 unspecified atom stereocenters. The molecule has 2 rings (SSSR count). The van der Waals surface area contributed by atoms with Gasteiger partial charge in [0.1, 0.15) is 5.82 Å². The minimum Gasteiger partial charge on any atom is -0.399 e. The predicted molar refractivity (Wildman–Crippen MR) is 61.0 cm³/mol. The zero-order valence-electron chi connectivity index (χ0n) is 8.50. The van der Waals surface area contributed by atoms with Gasteiger partial charge in [-0.05, 0) is 30.7 Å². The molecule has 0 fully saturated rings. The van der Waals surface area contributed by atoms with E-state index in [2.05, 4.69) is 0 Å². The van der Waals surface area contributed by atoms with Crippen LogP contribution in [0.2, 0.25) is 0 Å². The minimum atomic E-state index is -0.241. The van der Waals surface area contributed by atoms with Gasteiger partial charge in [-0.25, -0.2) is 4.39 Å². The molecule has 0 atom stereocenters. The summed E-state index contributed by atoms with van der Waals surface area (Å²) in [7, 11) is 0. The van der Waals surface area contributed by atoms with Crippen molar-refractivity contribution in [1.82, 2.24) is 0 Å². The summed E-state index contributed by atoms with van der Waals surface area (Å²) in [5.74, 6) is -0.241. The van der Waals surface area contributed by atoms with Crippen molar-refractivity contribution in [3.8, 4) is 11.1 Å². The first kappa shape index (κ1) is 9.71. The molecular weight excluding hydrogens is 189 g/mol. The monoisotopic (exact) mass is 201 g/mol. The van der Waals surface area contributed by atoms with Gasteiger partial charge < -0.3 is 5.73 Å². The molecule has 0 spiro atoms. The van der Waals surface area contributed by atoms with Gasteiger partial charge in [0.25, 0.3) is 0 Å². The quantitative estimate of drug-likeness (QED) is 0.703. The van der Waals surface area contributed by atoms with Gasteiger partial charge in [0.15, 0.2) is 0 Å². The van der Waals surface area contributed by atoms with Gasteiger partial charge in [-0.1, -0.05) is 29.8 Å². The third-order valence-electron chi connectivity index (χ3n) is 2.32. The lowest BCUT2D eigenvalue weighted by Crippen LogP contribution is -1.89. The molecule has 0 bridgehead atoms. The zero-order valence-corrected chi connectivity index (χ0v) is 8.50. The summed E-state index contributed by atoms with van der Waals surface area (Å²) < 4.78 is 13.5. The fraction of sp³-hybridized carbons (Fsp3) is 0.0769. The Morgan fingerprint density at radius 1 is 1.07 bits per heavy atom. The number of anilines is 1. The maximum Gasteiger partial charge on any atom is 0.131 e. The largest absolute Gasteiger partial charge is 0.399 e. The Morgan fingerprint density at radius 3 is 2.60 bits per heavy atom. The smallest absolute Gasteiger partial charge is 0.131 e. The van der Waals surface area contributed by atoms with Crippen molar-refractivity contribution in [2.24, 2.45) is 0 Å². The topological polar surface area (TPSA) is 26.0 Å². The number of halogens is 1. The number of hydrogen-bond donors (Lipinski definition) is 1. The third-order valence-corrected chi connectivity index (χ3v) is 2.32. The van der Waals surface area contributed by atoms with Gasteiger partial charge in [0.2, 0.25) is 0 Å². The van der Waals surface area contributed by atoms with E-state index in [-0.39, 0.29) is 5.82 Å². The molecule has 0 amide bonds. The van der Waals surface area contributed by atoms with E-state index in [1.165, 1.54) is 6.07 Å². The van der Waals surface area contributed by atoms with Crippen molar-refractivity contribution >= 4 is 5.69 Å². The molecule has 2 N–H and O–H groups in total. The van der Waals surface area contributed by atoms with Crippen LogP contribution < -0.4 is 5.73 Å². The molecule has 0 saturated heterocycles. The first-order chi connectivity index (χ1) is 7.16. The summed E-state index contributed by atoms with van der Waals surface area (Å²) in [4.78, 5) is 0. The molecule has 0 aliphatic heterocycles. The standard InChI is InChI=1S/C13H12FN/c1-9-3-2-4-10(7-9)12-8-11(15)5-6-13(12)14/h2-8H,15H2,1H3. The number of nitrogens with two attached hydrogens (primary N) is 1. The van der Waals surface area contributed by atoms with Crippen molar-refractivity contribution < 1.29 is 4.39 Å². The van der Waals surface area contributed by atoms with Gasteiger partial charge in [-0.2, -0.15) is 0 Å². The van der Waals surface area contributed by atoms with Crippen molar-refractivity contribution in [2.75, 3.05) is 5.73 Å². The fourth-order valence-electron chi connectivity index (χ4n) is 1.58. The average Bonchev–Trinajstić information content (AvgIpc) is 2.22. The lowest BCUT2D eigenvalue weighted by atomic mass is 10.0. The van der Waals surface area contributed by atoms with Crippen LogP contribution >= 0.6 is 0 Å². The number of rotatable bonds is 1. The van der Waals surface area contributed by atoms with Crippen LogP contribution in [-0.2, 0) is 0 Å². The Kier molecular flexibility index (Phi) is 2.42. The second-order valence-electron chi connectivity index (χ2n) is 3.61. The van der Waals surface area contributed by atoms with Crippen molar-refractivity contribution in [3.63, 3.8) is 0 Å². The molecule has 2 heteroatoms. The van der Waals surface area contributed by atoms with Gasteiger partial charge in [0.05, 0.1) is 0 Å². The number of aryl methyl sites for hydroxylation is 1. The van der Waals surface area contributed by atoms with E-state index in [1.807, 2.05) is 31.2 Å². The number of nitrogen functional groups attached to an aromatic ring is 1. The van der Waals surface area contributed by atoms with E-state index in [4.69, 9.17) is 5.73 Å². The van der Waals surface area contributed by atoms with E-state index in [9.17, 15) is 4.39 Å². The van der Waals surface area contributed by atoms with Crippen molar-refractivity contribution in [3.05, 3.63) is 53.8 Å². The molecule has 0 aromatic heterocycles. The molecule has 1 nitrogen and oxygen atoms in total. The predicted octanol–water partition coefficient (Wildman–Crippen LogP) is 3.38. The minimum absolute atomic E-state index is 0.241. The molecule has 0 aliphatic carbocycles. The number of hydrogen-bond acceptors (Lipinski definition) is 1. The van der Waals surface area contributed by atoms with Gasteiger partial charge in [-0.15, -0.1) is 0 Å². The van der Waals surface area contributed by atoms with E-state index in [0.29, 0.717) is 11.3 Å². The van der Waals surface area contributed by atoms with Crippen LogP contribution in [0.3, 0.4) is 0 Å². The van der Waals surface area contributed by atoms with Gasteiger partial charge in [-0.3, -0.25) is 0 Å². The lowest BCUT2D eigenvalue weighted by Gasteiger charge is -2.05. The molecular formula is C13H12FN. The summed E-state index contributed by atoms with van der Waals surface area (Å²) in [5, 5.41) is 0. The van der Waals surface area contributed by atoms with Crippen molar-refractivity contribution in [2.45, 2.75) is 6.92 Å². The second kappa shape index (κ2) is 3.73. The summed E-state index contributed by atoms with van der Waals surface area (Å²) in [5.41, 5.74) is 8.73. The molecule has 0 radical (unpaired) electrons. The molecule has 0 aliphatic rings. The van der Waals surface area contributed by atoms with E-state index >= 15 is 0 Å². The molecule has 0 heterocycles. The van der Waals surface area contributed by atoms with Crippen LogP contribution in [0.15, 0.2) is 42.5 Å². The van der Waals surface area contributed by atoms with Crippen LogP contribution in [0.25, 0.3) is 11.1 Å². The first-order valence-electron chi connectivity index (χ1n) is 4.79. The van der Waals surface area contributed by atoms with E-state index in [0.717, 1.165) is 11.1 Å². The highest BCUT2D eigenvalue weighted by molar-refractivity contribution is 5.68. The van der Waals surface area contributed by atoms with Crippen molar-refractivity contribution in [1.29, 1.82) is 0 Å². The van der Waals surface area contributed by atoms with Crippen LogP contribution in [0, 0.1) is 12.7 Å². The highest BCUT2D eigenvalue weighted by Gasteiger charge is 2.04. The second-order valence-corrected chi connectivity index (χ2v) is 3.61. The Hall–Kier alpha value is -1.83. The van der Waals surface area contributed by atoms with Gasteiger partial charge in [0, 0.05) is 11.3 Å². The maximum absolute atomic E-state index is 13.5. The Morgan fingerprint density at radius 2 is 1.87 bits per heavy atom. The molecule has 0 saturated carbocycles. The van der Waals surface area contributed by atoms with Crippen LogP contribution in [0.1, 0.15) is 5.56 Å². The Balaban J connectivity index is 2.58. The Bertz CT molecular complexity index is 492.